The molecule has 31 heavy (non-hydrogen) atoms. The van der Waals surface area contributed by atoms with Crippen LogP contribution in [0.3, 0.4) is 0 Å². The summed E-state index contributed by atoms with van der Waals surface area (Å²) in [5.74, 6) is 1.05. The molecule has 0 aliphatic heterocycles. The molecule has 1 amide bonds. The van der Waals surface area contributed by atoms with E-state index in [2.05, 4.69) is 20.5 Å². The lowest BCUT2D eigenvalue weighted by molar-refractivity contribution is -0.142. The van der Waals surface area contributed by atoms with Crippen molar-refractivity contribution in [1.82, 2.24) is 19.7 Å². The van der Waals surface area contributed by atoms with Crippen molar-refractivity contribution in [3.8, 4) is 5.75 Å². The fourth-order valence-electron chi connectivity index (χ4n) is 2.55. The molecule has 0 bridgehead atoms. The van der Waals surface area contributed by atoms with E-state index in [4.69, 9.17) is 9.47 Å². The number of hydrogen-bond acceptors (Lipinski definition) is 9. The zero-order valence-electron chi connectivity index (χ0n) is 17.5. The Morgan fingerprint density at radius 3 is 2.84 bits per heavy atom. The summed E-state index contributed by atoms with van der Waals surface area (Å²) in [5.41, 5.74) is 1.61. The number of thiazole rings is 1. The second-order valence-electron chi connectivity index (χ2n) is 6.47. The van der Waals surface area contributed by atoms with Gasteiger partial charge in [-0.1, -0.05) is 30.0 Å². The van der Waals surface area contributed by atoms with Gasteiger partial charge in [-0.2, -0.15) is 0 Å². The summed E-state index contributed by atoms with van der Waals surface area (Å²) in [4.78, 5) is 28.0. The lowest BCUT2D eigenvalue weighted by Gasteiger charge is -2.08. The Morgan fingerprint density at radius 1 is 1.26 bits per heavy atom. The number of amides is 1. The normalized spacial score (nSPS) is 10.7. The molecule has 0 radical (unpaired) electrons. The van der Waals surface area contributed by atoms with Gasteiger partial charge in [0.15, 0.2) is 16.1 Å². The van der Waals surface area contributed by atoms with E-state index in [1.54, 1.807) is 16.9 Å². The summed E-state index contributed by atoms with van der Waals surface area (Å²) in [6.45, 7) is 4.34. The van der Waals surface area contributed by atoms with Crippen LogP contribution in [0.4, 0.5) is 5.13 Å². The first-order chi connectivity index (χ1) is 15.0. The number of nitrogens with one attached hydrogen (secondary N) is 1. The Kier molecular flexibility index (Phi) is 8.01. The third kappa shape index (κ3) is 6.53. The van der Waals surface area contributed by atoms with E-state index >= 15 is 0 Å². The topological polar surface area (TPSA) is 108 Å². The molecule has 2 aromatic heterocycles. The van der Waals surface area contributed by atoms with Gasteiger partial charge in [-0.3, -0.25) is 9.59 Å². The van der Waals surface area contributed by atoms with E-state index in [0.717, 1.165) is 11.3 Å². The van der Waals surface area contributed by atoms with Gasteiger partial charge in [-0.15, -0.1) is 21.5 Å². The number of para-hydroxylation sites is 1. The van der Waals surface area contributed by atoms with Gasteiger partial charge in [0.05, 0.1) is 24.5 Å². The lowest BCUT2D eigenvalue weighted by Crippen LogP contribution is -2.15. The highest BCUT2D eigenvalue weighted by atomic mass is 32.2. The van der Waals surface area contributed by atoms with Crippen LogP contribution < -0.4 is 10.1 Å². The van der Waals surface area contributed by atoms with E-state index in [1.807, 2.05) is 38.2 Å². The number of carbonyl (C=O) groups is 2. The molecule has 3 rings (SSSR count). The molecule has 0 aliphatic rings. The molecule has 2 heterocycles. The van der Waals surface area contributed by atoms with Crippen LogP contribution in [0, 0.1) is 6.92 Å². The lowest BCUT2D eigenvalue weighted by atomic mass is 10.2. The van der Waals surface area contributed by atoms with E-state index in [9.17, 15) is 9.59 Å². The number of benzene rings is 1. The molecule has 0 aliphatic carbocycles. The Hall–Kier alpha value is -2.92. The van der Waals surface area contributed by atoms with Crippen molar-refractivity contribution in [2.75, 3.05) is 17.7 Å². The average Bonchev–Trinajstić information content (AvgIpc) is 3.32. The number of esters is 1. The summed E-state index contributed by atoms with van der Waals surface area (Å²) in [6.07, 6.45) is 0.0846. The molecule has 0 saturated heterocycles. The number of ether oxygens (including phenoxy) is 2. The first-order valence-corrected chi connectivity index (χ1v) is 11.4. The highest BCUT2D eigenvalue weighted by molar-refractivity contribution is 7.99. The smallest absolute Gasteiger partial charge is 0.311 e. The van der Waals surface area contributed by atoms with Gasteiger partial charge >= 0.3 is 5.97 Å². The zero-order chi connectivity index (χ0) is 22.2. The Labute approximate surface area is 188 Å². The summed E-state index contributed by atoms with van der Waals surface area (Å²) in [7, 11) is 1.83. The molecule has 9 nitrogen and oxygen atoms in total. The average molecular weight is 462 g/mol. The summed E-state index contributed by atoms with van der Waals surface area (Å²) >= 11 is 2.53. The highest BCUT2D eigenvalue weighted by Gasteiger charge is 2.14. The molecule has 1 N–H and O–H groups in total. The number of carbonyl (C=O) groups excluding carboxylic acids is 2. The number of thioether (sulfide) groups is 1. The van der Waals surface area contributed by atoms with Gasteiger partial charge in [0.25, 0.3) is 0 Å². The predicted octanol–water partition coefficient (Wildman–Crippen LogP) is 3.00. The second kappa shape index (κ2) is 10.9. The molecule has 11 heteroatoms. The number of nitrogens with zero attached hydrogens (tertiary/aromatic N) is 4. The summed E-state index contributed by atoms with van der Waals surface area (Å²) in [6, 6.07) is 7.76. The van der Waals surface area contributed by atoms with Crippen molar-refractivity contribution in [2.24, 2.45) is 7.05 Å². The molecule has 0 unspecified atom stereocenters. The maximum atomic E-state index is 12.2. The molecule has 0 spiro atoms. The predicted molar refractivity (Wildman–Crippen MR) is 118 cm³/mol. The largest absolute Gasteiger partial charge is 0.485 e. The minimum atomic E-state index is -0.342. The molecular weight excluding hydrogens is 438 g/mol. The number of aromatic nitrogens is 4. The monoisotopic (exact) mass is 461 g/mol. The van der Waals surface area contributed by atoms with E-state index in [-0.39, 0.29) is 30.7 Å². The molecule has 0 fully saturated rings. The van der Waals surface area contributed by atoms with Gasteiger partial charge < -0.3 is 19.4 Å². The molecule has 3 aromatic rings. The van der Waals surface area contributed by atoms with Crippen LogP contribution in [-0.4, -0.2) is 44.0 Å². The fourth-order valence-corrected chi connectivity index (χ4v) is 4.00. The third-order valence-corrected chi connectivity index (χ3v) is 5.96. The van der Waals surface area contributed by atoms with Crippen molar-refractivity contribution in [3.05, 3.63) is 46.7 Å². The Morgan fingerprint density at radius 2 is 2.06 bits per heavy atom. The maximum Gasteiger partial charge on any atom is 0.311 e. The maximum absolute atomic E-state index is 12.2. The van der Waals surface area contributed by atoms with Crippen molar-refractivity contribution in [2.45, 2.75) is 32.0 Å². The second-order valence-corrected chi connectivity index (χ2v) is 8.28. The number of hydrogen-bond donors (Lipinski definition) is 1. The van der Waals surface area contributed by atoms with Gasteiger partial charge in [0, 0.05) is 12.4 Å². The van der Waals surface area contributed by atoms with Gasteiger partial charge in [-0.25, -0.2) is 4.98 Å². The quantitative estimate of drug-likeness (QED) is 0.363. The van der Waals surface area contributed by atoms with Gasteiger partial charge in [0.2, 0.25) is 5.91 Å². The molecule has 0 saturated carbocycles. The van der Waals surface area contributed by atoms with Crippen molar-refractivity contribution in [3.63, 3.8) is 0 Å². The SMILES string of the molecule is CCOC(=O)Cc1csc(NC(=O)CSc2nnc(COc3ccccc3C)n2C)n1. The summed E-state index contributed by atoms with van der Waals surface area (Å²) in [5, 5.41) is 13.8. The fraction of sp³-hybridized carbons (Fsp3) is 0.350. The van der Waals surface area contributed by atoms with Crippen LogP contribution in [0.5, 0.6) is 5.75 Å². The van der Waals surface area contributed by atoms with E-state index < -0.39 is 0 Å². The van der Waals surface area contributed by atoms with Gasteiger partial charge in [-0.05, 0) is 25.5 Å². The van der Waals surface area contributed by atoms with Crippen LogP contribution in [0.2, 0.25) is 0 Å². The van der Waals surface area contributed by atoms with Crippen molar-refractivity contribution in [1.29, 1.82) is 0 Å². The van der Waals surface area contributed by atoms with E-state index in [0.29, 0.717) is 28.4 Å². The zero-order valence-corrected chi connectivity index (χ0v) is 19.1. The third-order valence-electron chi connectivity index (χ3n) is 4.14. The van der Waals surface area contributed by atoms with Crippen LogP contribution in [0.25, 0.3) is 0 Å². The Balaban J connectivity index is 1.48. The molecular formula is C20H23N5O4S2. The highest BCUT2D eigenvalue weighted by Crippen LogP contribution is 2.21. The molecule has 1 aromatic carbocycles. The number of anilines is 1. The van der Waals surface area contributed by atoms with Crippen LogP contribution in [-0.2, 0) is 34.4 Å². The van der Waals surface area contributed by atoms with Crippen molar-refractivity contribution >= 4 is 40.1 Å². The standard InChI is InChI=1S/C20H23N5O4S2/c1-4-28-18(27)9-14-11-30-19(21-14)22-17(26)12-31-20-24-23-16(25(20)3)10-29-15-8-6-5-7-13(15)2/h5-8,11H,4,9-10,12H2,1-3H3,(H,21,22,26). The summed E-state index contributed by atoms with van der Waals surface area (Å²) < 4.78 is 12.5. The Bertz CT molecular complexity index is 1050. The van der Waals surface area contributed by atoms with E-state index in [1.165, 1.54) is 23.1 Å². The van der Waals surface area contributed by atoms with Crippen LogP contribution in [0.1, 0.15) is 24.0 Å². The minimum absolute atomic E-state index is 0.0846. The first-order valence-electron chi connectivity index (χ1n) is 9.55. The van der Waals surface area contributed by atoms with Crippen molar-refractivity contribution < 1.29 is 19.1 Å². The van der Waals surface area contributed by atoms with Gasteiger partial charge in [0.1, 0.15) is 12.4 Å². The molecule has 0 atom stereocenters. The number of aryl methyl sites for hydroxylation is 1. The number of rotatable bonds is 10. The van der Waals surface area contributed by atoms with Crippen LogP contribution >= 0.6 is 23.1 Å². The minimum Gasteiger partial charge on any atom is -0.485 e. The first kappa shape index (κ1) is 22.8. The molecule has 164 valence electrons. The van der Waals surface area contributed by atoms with Crippen LogP contribution in [0.15, 0.2) is 34.8 Å².